The van der Waals surface area contributed by atoms with Crippen LogP contribution in [0.3, 0.4) is 0 Å². The molecule has 0 radical (unpaired) electrons. The molecule has 3 aromatic rings. The second kappa shape index (κ2) is 14.8. The standard InChI is InChI=1S/C40H46F4N4O4/c1-38(2,3)48-25-34(30-10-13-32(51-4)14-11-30)39(41,27-48)36(49)46-18-16-29(17-19-46)33-15-12-31(40(42,43)44)24-35(33)45-20-22-47(23-21-45)37(50)52-26-28-8-6-5-7-9-28/h5-16,24,34H,17-23,25-27H2,1-4H3/t34-,39-/m0/s1. The van der Waals surface area contributed by atoms with Gasteiger partial charge in [-0.15, -0.1) is 0 Å². The Kier molecular flexibility index (Phi) is 10.6. The van der Waals surface area contributed by atoms with Crippen molar-refractivity contribution >= 4 is 23.3 Å². The zero-order valence-corrected chi connectivity index (χ0v) is 30.1. The molecule has 52 heavy (non-hydrogen) atoms. The lowest BCUT2D eigenvalue weighted by Gasteiger charge is -2.38. The molecule has 8 nitrogen and oxygen atoms in total. The summed E-state index contributed by atoms with van der Waals surface area (Å²) >= 11 is 0. The number of benzene rings is 3. The van der Waals surface area contributed by atoms with Crippen LogP contribution < -0.4 is 9.64 Å². The average molecular weight is 723 g/mol. The average Bonchev–Trinajstić information content (AvgIpc) is 3.52. The minimum atomic E-state index is -4.54. The highest BCUT2D eigenvalue weighted by Gasteiger charge is 2.56. The number of anilines is 1. The number of rotatable bonds is 7. The number of carbonyl (C=O) groups excluding carboxylic acids is 2. The van der Waals surface area contributed by atoms with Gasteiger partial charge in [0.25, 0.3) is 5.91 Å². The first kappa shape index (κ1) is 37.2. The van der Waals surface area contributed by atoms with Gasteiger partial charge in [-0.3, -0.25) is 9.69 Å². The highest BCUT2D eigenvalue weighted by atomic mass is 19.4. The van der Waals surface area contributed by atoms with Crippen LogP contribution in [0.1, 0.15) is 55.4 Å². The number of halogens is 4. The first-order chi connectivity index (χ1) is 24.7. The van der Waals surface area contributed by atoms with E-state index in [1.54, 1.807) is 24.1 Å². The van der Waals surface area contributed by atoms with E-state index in [0.717, 1.165) is 28.8 Å². The summed E-state index contributed by atoms with van der Waals surface area (Å²) in [6.07, 6.45) is -2.84. The van der Waals surface area contributed by atoms with Gasteiger partial charge in [0.2, 0.25) is 5.67 Å². The fourth-order valence-corrected chi connectivity index (χ4v) is 7.29. The fourth-order valence-electron chi connectivity index (χ4n) is 7.29. The molecule has 3 aliphatic heterocycles. The third-order valence-corrected chi connectivity index (χ3v) is 10.4. The molecule has 12 heteroatoms. The minimum absolute atomic E-state index is 0.0477. The summed E-state index contributed by atoms with van der Waals surface area (Å²) in [5, 5.41) is 0. The van der Waals surface area contributed by atoms with E-state index >= 15 is 4.39 Å². The summed E-state index contributed by atoms with van der Waals surface area (Å²) in [4.78, 5) is 33.8. The third-order valence-electron chi connectivity index (χ3n) is 10.4. The monoisotopic (exact) mass is 722 g/mol. The number of nitrogens with zero attached hydrogens (tertiary/aromatic N) is 4. The Morgan fingerprint density at radius 1 is 0.885 bits per heavy atom. The highest BCUT2D eigenvalue weighted by molar-refractivity contribution is 5.89. The van der Waals surface area contributed by atoms with Gasteiger partial charge >= 0.3 is 12.3 Å². The SMILES string of the molecule is COc1ccc([C@@H]2CN(C(C)(C)C)C[C@@]2(F)C(=O)N2CC=C(c3ccc(C(F)(F)F)cc3N3CCN(C(=O)OCc4ccccc4)CC3)CC2)cc1. The molecule has 2 fully saturated rings. The fraction of sp³-hybridized carbons (Fsp3) is 0.450. The second-order valence-electron chi connectivity index (χ2n) is 14.7. The number of carbonyl (C=O) groups is 2. The lowest BCUT2D eigenvalue weighted by Crippen LogP contribution is -2.52. The predicted octanol–water partition coefficient (Wildman–Crippen LogP) is 7.39. The normalized spacial score (nSPS) is 21.6. The number of amides is 2. The van der Waals surface area contributed by atoms with Crippen LogP contribution in [0.2, 0.25) is 0 Å². The van der Waals surface area contributed by atoms with Crippen molar-refractivity contribution in [1.29, 1.82) is 0 Å². The van der Waals surface area contributed by atoms with Crippen LogP contribution in [-0.2, 0) is 22.3 Å². The Morgan fingerprint density at radius 3 is 2.17 bits per heavy atom. The molecule has 2 atom stereocenters. The van der Waals surface area contributed by atoms with E-state index in [-0.39, 0.29) is 44.9 Å². The van der Waals surface area contributed by atoms with Gasteiger partial charge < -0.3 is 24.2 Å². The molecular formula is C40H46F4N4O4. The van der Waals surface area contributed by atoms with Crippen LogP contribution in [0.4, 0.5) is 28.0 Å². The molecule has 3 aliphatic rings. The maximum absolute atomic E-state index is 17.3. The summed E-state index contributed by atoms with van der Waals surface area (Å²) in [5.41, 5.74) is 0.114. The van der Waals surface area contributed by atoms with E-state index in [1.807, 2.05) is 79.1 Å². The Hall–Kier alpha value is -4.58. The molecule has 0 bridgehead atoms. The number of alkyl halides is 4. The molecule has 0 N–H and O–H groups in total. The lowest BCUT2D eigenvalue weighted by molar-refractivity contribution is -0.144. The van der Waals surface area contributed by atoms with Crippen molar-refractivity contribution in [3.63, 3.8) is 0 Å². The van der Waals surface area contributed by atoms with Gasteiger partial charge in [-0.2, -0.15) is 13.2 Å². The Balaban J connectivity index is 1.19. The van der Waals surface area contributed by atoms with Crippen LogP contribution in [0.15, 0.2) is 78.9 Å². The quantitative estimate of drug-likeness (QED) is 0.237. The Bertz CT molecular complexity index is 1770. The van der Waals surface area contributed by atoms with E-state index in [1.165, 1.54) is 11.0 Å². The van der Waals surface area contributed by atoms with Gasteiger partial charge in [-0.05, 0) is 68.2 Å². The van der Waals surface area contributed by atoms with Gasteiger partial charge in [-0.1, -0.05) is 54.6 Å². The number of hydrogen-bond donors (Lipinski definition) is 0. The van der Waals surface area contributed by atoms with Crippen LogP contribution in [-0.4, -0.2) is 97.4 Å². The van der Waals surface area contributed by atoms with Crippen LogP contribution >= 0.6 is 0 Å². The van der Waals surface area contributed by atoms with Gasteiger partial charge in [0.15, 0.2) is 0 Å². The minimum Gasteiger partial charge on any atom is -0.497 e. The highest BCUT2D eigenvalue weighted by Crippen LogP contribution is 2.44. The molecule has 3 heterocycles. The second-order valence-corrected chi connectivity index (χ2v) is 14.7. The predicted molar refractivity (Wildman–Crippen MR) is 192 cm³/mol. The summed E-state index contributed by atoms with van der Waals surface area (Å²) in [6, 6.07) is 20.2. The number of likely N-dealkylation sites (tertiary alicyclic amines) is 1. The number of ether oxygens (including phenoxy) is 2. The molecule has 0 saturated carbocycles. The maximum atomic E-state index is 17.3. The van der Waals surface area contributed by atoms with Crippen molar-refractivity contribution in [3.8, 4) is 5.75 Å². The summed E-state index contributed by atoms with van der Waals surface area (Å²) in [5.74, 6) is -0.630. The van der Waals surface area contributed by atoms with Crippen molar-refractivity contribution in [2.24, 2.45) is 0 Å². The molecule has 2 amide bonds. The molecule has 0 aliphatic carbocycles. The molecule has 3 aromatic carbocycles. The zero-order chi connectivity index (χ0) is 37.3. The number of hydrogen-bond acceptors (Lipinski definition) is 6. The van der Waals surface area contributed by atoms with Crippen LogP contribution in [0, 0.1) is 0 Å². The number of piperazine rings is 1. The Labute approximate surface area is 302 Å². The Morgan fingerprint density at radius 2 is 1.58 bits per heavy atom. The van der Waals surface area contributed by atoms with Gasteiger partial charge in [-0.25, -0.2) is 9.18 Å². The number of methoxy groups -OCH3 is 1. The largest absolute Gasteiger partial charge is 0.497 e. The first-order valence-electron chi connectivity index (χ1n) is 17.7. The molecule has 278 valence electrons. The van der Waals surface area contributed by atoms with Crippen molar-refractivity contribution in [3.05, 3.63) is 101 Å². The topological polar surface area (TPSA) is 65.6 Å². The molecule has 0 spiro atoms. The van der Waals surface area contributed by atoms with Gasteiger partial charge in [0.05, 0.1) is 12.7 Å². The van der Waals surface area contributed by atoms with E-state index < -0.39 is 35.3 Å². The van der Waals surface area contributed by atoms with Crippen LogP contribution in [0.5, 0.6) is 5.75 Å². The smallest absolute Gasteiger partial charge is 0.416 e. The zero-order valence-electron chi connectivity index (χ0n) is 30.1. The summed E-state index contributed by atoms with van der Waals surface area (Å²) in [6.45, 7) is 8.02. The molecule has 6 rings (SSSR count). The molecule has 2 saturated heterocycles. The lowest BCUT2D eigenvalue weighted by atomic mass is 9.84. The molecule has 0 aromatic heterocycles. The summed E-state index contributed by atoms with van der Waals surface area (Å²) < 4.78 is 69.8. The van der Waals surface area contributed by atoms with E-state index in [0.29, 0.717) is 43.1 Å². The van der Waals surface area contributed by atoms with E-state index in [4.69, 9.17) is 9.47 Å². The molecular weight excluding hydrogens is 676 g/mol. The van der Waals surface area contributed by atoms with Gasteiger partial charge in [0.1, 0.15) is 12.4 Å². The third kappa shape index (κ3) is 7.91. The summed E-state index contributed by atoms with van der Waals surface area (Å²) in [7, 11) is 1.56. The maximum Gasteiger partial charge on any atom is 0.416 e. The molecule has 0 unspecified atom stereocenters. The van der Waals surface area contributed by atoms with E-state index in [9.17, 15) is 22.8 Å². The van der Waals surface area contributed by atoms with Crippen molar-refractivity contribution in [2.75, 3.05) is 64.4 Å². The van der Waals surface area contributed by atoms with Crippen LogP contribution in [0.25, 0.3) is 5.57 Å². The van der Waals surface area contributed by atoms with Crippen molar-refractivity contribution < 1.29 is 36.6 Å². The first-order valence-corrected chi connectivity index (χ1v) is 17.7. The van der Waals surface area contributed by atoms with Crippen molar-refractivity contribution in [2.45, 2.75) is 57.1 Å². The van der Waals surface area contributed by atoms with E-state index in [2.05, 4.69) is 0 Å². The van der Waals surface area contributed by atoms with Crippen molar-refractivity contribution in [1.82, 2.24) is 14.7 Å². The van der Waals surface area contributed by atoms with Gasteiger partial charge in [0, 0.05) is 75.1 Å².